The highest BCUT2D eigenvalue weighted by molar-refractivity contribution is 7.80. The molecule has 0 saturated heterocycles. The molecule has 0 aliphatic heterocycles. The third-order valence-electron chi connectivity index (χ3n) is 13.7. The highest BCUT2D eigenvalue weighted by atomic mass is 32.1. The van der Waals surface area contributed by atoms with Crippen LogP contribution in [-0.4, -0.2) is 51.9 Å². The summed E-state index contributed by atoms with van der Waals surface area (Å²) in [6.45, 7) is 10.7. The molecule has 5 nitrogen and oxygen atoms in total. The lowest BCUT2D eigenvalue weighted by Gasteiger charge is -2.57. The number of hydrogen-bond donors (Lipinski definition) is 1. The number of carbonyl (C=O) groups excluding carboxylic acids is 2. The average molecular weight is 622 g/mol. The van der Waals surface area contributed by atoms with Crippen molar-refractivity contribution in [1.29, 1.82) is 0 Å². The summed E-state index contributed by atoms with van der Waals surface area (Å²) < 4.78 is 0. The van der Waals surface area contributed by atoms with Gasteiger partial charge in [-0.25, -0.2) is 0 Å². The van der Waals surface area contributed by atoms with Crippen molar-refractivity contribution < 1.29 is 9.59 Å². The van der Waals surface area contributed by atoms with Crippen LogP contribution in [0.4, 0.5) is 0 Å². The number of thiocarbonyl (C=S) groups is 1. The first-order valence-corrected chi connectivity index (χ1v) is 19.0. The van der Waals surface area contributed by atoms with E-state index in [0.29, 0.717) is 29.7 Å². The van der Waals surface area contributed by atoms with Crippen LogP contribution < -0.4 is 5.32 Å². The van der Waals surface area contributed by atoms with E-state index in [4.69, 9.17) is 12.2 Å². The van der Waals surface area contributed by atoms with Gasteiger partial charge in [0.05, 0.1) is 0 Å². The van der Waals surface area contributed by atoms with Crippen molar-refractivity contribution in [3.8, 4) is 0 Å². The second-order valence-electron chi connectivity index (χ2n) is 15.8. The van der Waals surface area contributed by atoms with E-state index in [9.17, 15) is 9.59 Å². The Morgan fingerprint density at radius 2 is 1.57 bits per heavy atom. The standard InChI is InChI=1S/C38H59N3O2S/c1-5-40(6-2)34(42)26-21-23-37(3)27(25-26)17-18-30-31-19-20-33(38(31,4)24-22-32(30)37)35(43)41(29-15-11-8-12-16-29)36(44)39-28-13-9-7-10-14-28/h17,25,28-33H,5-16,18-24H2,1-4H3,(H,39,44)/t30-,31-,32-,33+,37-,38-/m0/s1. The highest BCUT2D eigenvalue weighted by Crippen LogP contribution is 2.66. The van der Waals surface area contributed by atoms with Gasteiger partial charge in [0, 0.05) is 36.7 Å². The molecule has 4 saturated carbocycles. The van der Waals surface area contributed by atoms with Gasteiger partial charge in [0.25, 0.3) is 0 Å². The van der Waals surface area contributed by atoms with Crippen molar-refractivity contribution in [2.75, 3.05) is 13.1 Å². The van der Waals surface area contributed by atoms with Gasteiger partial charge in [0.15, 0.2) is 5.11 Å². The maximum absolute atomic E-state index is 14.8. The van der Waals surface area contributed by atoms with Crippen LogP contribution in [0.25, 0.3) is 0 Å². The second-order valence-corrected chi connectivity index (χ2v) is 16.2. The Kier molecular flexibility index (Phi) is 9.68. The zero-order chi connectivity index (χ0) is 31.1. The molecule has 0 heterocycles. The lowest BCUT2D eigenvalue weighted by atomic mass is 9.48. The zero-order valence-corrected chi connectivity index (χ0v) is 29.0. The minimum Gasteiger partial charge on any atom is -0.359 e. The fourth-order valence-electron chi connectivity index (χ4n) is 11.1. The van der Waals surface area contributed by atoms with E-state index in [-0.39, 0.29) is 28.7 Å². The first kappa shape index (κ1) is 32.3. The third kappa shape index (κ3) is 5.72. The minimum absolute atomic E-state index is 0.0434. The van der Waals surface area contributed by atoms with Crippen LogP contribution in [0.15, 0.2) is 23.3 Å². The molecule has 0 bridgehead atoms. The van der Waals surface area contributed by atoms with Crippen molar-refractivity contribution in [1.82, 2.24) is 15.1 Å². The monoisotopic (exact) mass is 621 g/mol. The summed E-state index contributed by atoms with van der Waals surface area (Å²) >= 11 is 6.12. The molecule has 44 heavy (non-hydrogen) atoms. The van der Waals surface area contributed by atoms with Crippen molar-refractivity contribution in [3.05, 3.63) is 23.3 Å². The third-order valence-corrected chi connectivity index (χ3v) is 14.0. The number of nitrogens with zero attached hydrogens (tertiary/aromatic N) is 2. The number of amides is 2. The Hall–Kier alpha value is -1.69. The van der Waals surface area contributed by atoms with Gasteiger partial charge in [-0.05, 0) is 131 Å². The molecule has 0 aromatic carbocycles. The second kappa shape index (κ2) is 13.2. The largest absolute Gasteiger partial charge is 0.359 e. The molecule has 6 heteroatoms. The van der Waals surface area contributed by atoms with E-state index in [1.54, 1.807) is 0 Å². The van der Waals surface area contributed by atoms with Crippen LogP contribution in [0, 0.1) is 34.5 Å². The van der Waals surface area contributed by atoms with Crippen LogP contribution in [-0.2, 0) is 9.59 Å². The van der Waals surface area contributed by atoms with Gasteiger partial charge in [-0.1, -0.05) is 64.5 Å². The van der Waals surface area contributed by atoms with Crippen molar-refractivity contribution in [2.24, 2.45) is 34.5 Å². The number of carbonyl (C=O) groups is 2. The average Bonchev–Trinajstić information content (AvgIpc) is 3.39. The lowest BCUT2D eigenvalue weighted by molar-refractivity contribution is -0.140. The summed E-state index contributed by atoms with van der Waals surface area (Å²) in [6, 6.07) is 0.689. The molecule has 6 aliphatic carbocycles. The van der Waals surface area contributed by atoms with Crippen molar-refractivity contribution >= 4 is 29.1 Å². The summed E-state index contributed by atoms with van der Waals surface area (Å²) in [4.78, 5) is 32.1. The zero-order valence-electron chi connectivity index (χ0n) is 28.2. The van der Waals surface area contributed by atoms with Crippen molar-refractivity contribution in [2.45, 2.75) is 149 Å². The van der Waals surface area contributed by atoms with Crippen LogP contribution in [0.1, 0.15) is 137 Å². The van der Waals surface area contributed by atoms with Gasteiger partial charge in [-0.2, -0.15) is 0 Å². The van der Waals surface area contributed by atoms with E-state index in [0.717, 1.165) is 75.1 Å². The highest BCUT2D eigenvalue weighted by Gasteiger charge is 2.60. The molecule has 6 rings (SSSR count). The Morgan fingerprint density at radius 3 is 2.25 bits per heavy atom. The minimum atomic E-state index is 0.0434. The molecule has 2 amide bonds. The predicted molar refractivity (Wildman–Crippen MR) is 183 cm³/mol. The SMILES string of the molecule is CCN(CC)C(=O)C1=CC2=CC[C@H]3[C@@H]4CC[C@H](C(=O)N(C(=S)NC5CCCCC5)C5CCCCC5)[C@@]4(C)CC[C@@H]3[C@@]2(C)CC1. The number of likely N-dealkylation sites (N-methyl/N-ethyl adjacent to an activating group) is 1. The quantitative estimate of drug-likeness (QED) is 0.303. The first-order chi connectivity index (χ1) is 21.2. The molecule has 4 fully saturated rings. The molecule has 244 valence electrons. The summed E-state index contributed by atoms with van der Waals surface area (Å²) in [5.41, 5.74) is 2.60. The lowest BCUT2D eigenvalue weighted by Crippen LogP contribution is -2.57. The van der Waals surface area contributed by atoms with E-state index >= 15 is 0 Å². The van der Waals surface area contributed by atoms with E-state index in [1.165, 1.54) is 63.4 Å². The van der Waals surface area contributed by atoms with E-state index in [1.807, 2.05) is 4.90 Å². The maximum atomic E-state index is 14.8. The number of allylic oxidation sites excluding steroid dienone is 3. The summed E-state index contributed by atoms with van der Waals surface area (Å²) in [7, 11) is 0. The molecular formula is C38H59N3O2S. The summed E-state index contributed by atoms with van der Waals surface area (Å²) in [5, 5.41) is 4.44. The molecule has 0 aromatic heterocycles. The summed E-state index contributed by atoms with van der Waals surface area (Å²) in [6.07, 6.45) is 24.4. The van der Waals surface area contributed by atoms with Gasteiger partial charge in [-0.15, -0.1) is 0 Å². The molecular weight excluding hydrogens is 563 g/mol. The van der Waals surface area contributed by atoms with Crippen LogP contribution in [0.5, 0.6) is 0 Å². The number of nitrogens with one attached hydrogen (secondary N) is 1. The van der Waals surface area contributed by atoms with Gasteiger partial charge in [0.1, 0.15) is 0 Å². The first-order valence-electron chi connectivity index (χ1n) is 18.5. The molecule has 0 radical (unpaired) electrons. The van der Waals surface area contributed by atoms with E-state index in [2.05, 4.69) is 50.1 Å². The fourth-order valence-corrected chi connectivity index (χ4v) is 11.5. The summed E-state index contributed by atoms with van der Waals surface area (Å²) in [5.74, 6) is 2.49. The molecule has 6 aliphatic rings. The predicted octanol–water partition coefficient (Wildman–Crippen LogP) is 8.34. The fraction of sp³-hybridized carbons (Fsp3) is 0.816. The van der Waals surface area contributed by atoms with Gasteiger partial charge in [0.2, 0.25) is 11.8 Å². The number of rotatable bonds is 6. The number of fused-ring (bicyclic) bond motifs is 5. The Morgan fingerprint density at radius 1 is 0.886 bits per heavy atom. The Balaban J connectivity index is 1.21. The maximum Gasteiger partial charge on any atom is 0.249 e. The smallest absolute Gasteiger partial charge is 0.249 e. The van der Waals surface area contributed by atoms with Gasteiger partial charge in [-0.3, -0.25) is 14.5 Å². The molecule has 6 atom stereocenters. The molecule has 0 aromatic rings. The normalized spacial score (nSPS) is 35.8. The van der Waals surface area contributed by atoms with Crippen LogP contribution in [0.3, 0.4) is 0 Å². The number of hydrogen-bond acceptors (Lipinski definition) is 3. The molecule has 0 spiro atoms. The van der Waals surface area contributed by atoms with E-state index < -0.39 is 0 Å². The topological polar surface area (TPSA) is 52.7 Å². The Labute approximate surface area is 273 Å². The van der Waals surface area contributed by atoms with Crippen molar-refractivity contribution in [3.63, 3.8) is 0 Å². The van der Waals surface area contributed by atoms with Gasteiger partial charge >= 0.3 is 0 Å². The Bertz CT molecular complexity index is 1160. The molecule has 0 unspecified atom stereocenters. The van der Waals surface area contributed by atoms with Gasteiger partial charge < -0.3 is 10.2 Å². The van der Waals surface area contributed by atoms with Crippen LogP contribution in [0.2, 0.25) is 0 Å². The van der Waals surface area contributed by atoms with Crippen LogP contribution >= 0.6 is 12.2 Å². The molecule has 1 N–H and O–H groups in total.